The van der Waals surface area contributed by atoms with Gasteiger partial charge in [0.05, 0.1) is 31.2 Å². The number of amides is 2. The van der Waals surface area contributed by atoms with Crippen molar-refractivity contribution in [2.24, 2.45) is 5.92 Å². The third-order valence-corrected chi connectivity index (χ3v) is 6.88. The Morgan fingerprint density at radius 3 is 2.69 bits per heavy atom. The first-order valence-electron chi connectivity index (χ1n) is 11.5. The van der Waals surface area contributed by atoms with Crippen molar-refractivity contribution in [2.75, 3.05) is 26.1 Å². The molecule has 1 aromatic carbocycles. The number of likely N-dealkylation sites (N-methyl/N-ethyl adjacent to an activating group) is 1. The Kier molecular flexibility index (Phi) is 6.98. The van der Waals surface area contributed by atoms with Gasteiger partial charge < -0.3 is 24.4 Å². The molecule has 174 valence electrons. The first-order chi connectivity index (χ1) is 15.5. The quantitative estimate of drug-likeness (QED) is 0.717. The lowest BCUT2D eigenvalue weighted by molar-refractivity contribution is -0.151. The Morgan fingerprint density at radius 1 is 1.16 bits per heavy atom. The molecule has 2 aliphatic heterocycles. The molecule has 8 nitrogen and oxygen atoms in total. The van der Waals surface area contributed by atoms with Crippen molar-refractivity contribution in [3.8, 4) is 5.75 Å². The van der Waals surface area contributed by atoms with Gasteiger partial charge in [-0.1, -0.05) is 19.3 Å². The minimum atomic E-state index is -0.328. The fourth-order valence-corrected chi connectivity index (χ4v) is 4.98. The number of benzene rings is 1. The van der Waals surface area contributed by atoms with Crippen LogP contribution in [-0.4, -0.2) is 61.7 Å². The number of hydrogen-bond donors (Lipinski definition) is 1. The Labute approximate surface area is 188 Å². The minimum Gasteiger partial charge on any atom is -0.490 e. The number of rotatable bonds is 4. The molecule has 0 unspecified atom stereocenters. The highest BCUT2D eigenvalue weighted by molar-refractivity contribution is 6.00. The smallest absolute Gasteiger partial charge is 0.308 e. The summed E-state index contributed by atoms with van der Waals surface area (Å²) in [4.78, 5) is 39.3. The molecule has 0 aromatic heterocycles. The van der Waals surface area contributed by atoms with Gasteiger partial charge in [0.25, 0.3) is 5.91 Å². The molecule has 8 heteroatoms. The second-order valence-corrected chi connectivity index (χ2v) is 8.98. The zero-order valence-electron chi connectivity index (χ0n) is 18.8. The summed E-state index contributed by atoms with van der Waals surface area (Å²) in [7, 11) is 3.13. The number of anilines is 1. The molecule has 1 N–H and O–H groups in total. The van der Waals surface area contributed by atoms with Crippen LogP contribution < -0.4 is 10.1 Å². The topological polar surface area (TPSA) is 94.2 Å². The Balaban J connectivity index is 1.48. The molecule has 4 rings (SSSR count). The molecule has 0 spiro atoms. The van der Waals surface area contributed by atoms with E-state index >= 15 is 0 Å². The van der Waals surface area contributed by atoms with E-state index in [4.69, 9.17) is 14.2 Å². The van der Waals surface area contributed by atoms with E-state index in [-0.39, 0.29) is 55.0 Å². The highest BCUT2D eigenvalue weighted by atomic mass is 16.5. The molecule has 0 bridgehead atoms. The molecule has 1 saturated heterocycles. The van der Waals surface area contributed by atoms with Gasteiger partial charge >= 0.3 is 5.97 Å². The van der Waals surface area contributed by atoms with Crippen LogP contribution in [0.4, 0.5) is 5.69 Å². The van der Waals surface area contributed by atoms with Crippen LogP contribution in [0.3, 0.4) is 0 Å². The largest absolute Gasteiger partial charge is 0.490 e. The molecule has 2 amide bonds. The van der Waals surface area contributed by atoms with Gasteiger partial charge in [0.1, 0.15) is 18.5 Å². The van der Waals surface area contributed by atoms with Crippen molar-refractivity contribution in [3.05, 3.63) is 23.8 Å². The number of fused-ring (bicyclic) bond motifs is 2. The van der Waals surface area contributed by atoms with Gasteiger partial charge in [-0.25, -0.2) is 0 Å². The molecule has 3 atom stereocenters. The second kappa shape index (κ2) is 9.90. The first-order valence-corrected chi connectivity index (χ1v) is 11.5. The third-order valence-electron chi connectivity index (χ3n) is 6.88. The van der Waals surface area contributed by atoms with Gasteiger partial charge in [-0.3, -0.25) is 14.4 Å². The van der Waals surface area contributed by atoms with Crippen molar-refractivity contribution in [1.29, 1.82) is 0 Å². The van der Waals surface area contributed by atoms with E-state index in [1.807, 2.05) is 0 Å². The van der Waals surface area contributed by atoms with E-state index in [0.29, 0.717) is 29.8 Å². The van der Waals surface area contributed by atoms with Crippen LogP contribution in [0.15, 0.2) is 18.2 Å². The lowest BCUT2D eigenvalue weighted by Gasteiger charge is -2.42. The maximum atomic E-state index is 13.3. The van der Waals surface area contributed by atoms with Crippen molar-refractivity contribution in [3.63, 3.8) is 0 Å². The average molecular weight is 445 g/mol. The molecular formula is C24H32N2O6. The molecule has 1 aliphatic carbocycles. The van der Waals surface area contributed by atoms with Crippen LogP contribution in [0.1, 0.15) is 61.7 Å². The molecule has 1 saturated carbocycles. The summed E-state index contributed by atoms with van der Waals surface area (Å²) < 4.78 is 16.8. The number of nitrogens with zero attached hydrogens (tertiary/aromatic N) is 1. The fourth-order valence-electron chi connectivity index (χ4n) is 4.98. The van der Waals surface area contributed by atoms with Gasteiger partial charge in [-0.15, -0.1) is 0 Å². The monoisotopic (exact) mass is 444 g/mol. The second-order valence-electron chi connectivity index (χ2n) is 8.98. The van der Waals surface area contributed by atoms with E-state index in [2.05, 4.69) is 5.32 Å². The van der Waals surface area contributed by atoms with Gasteiger partial charge in [0.15, 0.2) is 0 Å². The first kappa shape index (κ1) is 22.6. The fraction of sp³-hybridized carbons (Fsp3) is 0.625. The lowest BCUT2D eigenvalue weighted by Crippen LogP contribution is -2.53. The number of carbonyl (C=O) groups excluding carboxylic acids is 3. The summed E-state index contributed by atoms with van der Waals surface area (Å²) in [5.41, 5.74) is 1.05. The SMILES string of the molecule is COC(=O)C[C@H]1CC[C@@H]2[C@@H](COc3ccc(NC(=O)C4CCCCC4)cc3C(=O)N2C)O1. The predicted octanol–water partition coefficient (Wildman–Crippen LogP) is 3.15. The molecule has 32 heavy (non-hydrogen) atoms. The number of hydrogen-bond acceptors (Lipinski definition) is 6. The maximum Gasteiger partial charge on any atom is 0.308 e. The molecule has 3 aliphatic rings. The van der Waals surface area contributed by atoms with E-state index in [1.54, 1.807) is 30.1 Å². The summed E-state index contributed by atoms with van der Waals surface area (Å²) in [5, 5.41) is 2.99. The average Bonchev–Trinajstić information content (AvgIpc) is 2.82. The van der Waals surface area contributed by atoms with E-state index < -0.39 is 0 Å². The number of ether oxygens (including phenoxy) is 3. The molecule has 2 fully saturated rings. The van der Waals surface area contributed by atoms with Crippen molar-refractivity contribution in [1.82, 2.24) is 4.90 Å². The number of carbonyl (C=O) groups is 3. The highest BCUT2D eigenvalue weighted by Crippen LogP contribution is 2.33. The van der Waals surface area contributed by atoms with Gasteiger partial charge in [0, 0.05) is 18.7 Å². The molecule has 0 radical (unpaired) electrons. The molecular weight excluding hydrogens is 412 g/mol. The van der Waals surface area contributed by atoms with Gasteiger partial charge in [-0.05, 0) is 43.9 Å². The summed E-state index contributed by atoms with van der Waals surface area (Å²) >= 11 is 0. The van der Waals surface area contributed by atoms with E-state index in [9.17, 15) is 14.4 Å². The van der Waals surface area contributed by atoms with Crippen LogP contribution in [-0.2, 0) is 19.1 Å². The van der Waals surface area contributed by atoms with Crippen molar-refractivity contribution >= 4 is 23.5 Å². The van der Waals surface area contributed by atoms with E-state index in [0.717, 1.165) is 25.7 Å². The molecule has 1 aromatic rings. The number of esters is 1. The van der Waals surface area contributed by atoms with E-state index in [1.165, 1.54) is 13.5 Å². The third kappa shape index (κ3) is 4.90. The van der Waals surface area contributed by atoms with Crippen molar-refractivity contribution in [2.45, 2.75) is 69.6 Å². The minimum absolute atomic E-state index is 0.0228. The van der Waals surface area contributed by atoms with Gasteiger partial charge in [-0.2, -0.15) is 0 Å². The Bertz CT molecular complexity index is 866. The summed E-state index contributed by atoms with van der Waals surface area (Å²) in [6.07, 6.45) is 6.20. The summed E-state index contributed by atoms with van der Waals surface area (Å²) in [6, 6.07) is 5.06. The van der Waals surface area contributed by atoms with Crippen LogP contribution in [0.2, 0.25) is 0 Å². The number of nitrogens with one attached hydrogen (secondary N) is 1. The van der Waals surface area contributed by atoms with Crippen LogP contribution in [0.25, 0.3) is 0 Å². The number of methoxy groups -OCH3 is 1. The normalized spacial score (nSPS) is 26.1. The summed E-state index contributed by atoms with van der Waals surface area (Å²) in [6.45, 7) is 0.279. The Hall–Kier alpha value is -2.61. The highest BCUT2D eigenvalue weighted by Gasteiger charge is 2.39. The zero-order chi connectivity index (χ0) is 22.7. The van der Waals surface area contributed by atoms with Gasteiger partial charge in [0.2, 0.25) is 5.91 Å². The standard InChI is InChI=1S/C24H32N2O6/c1-26-19-10-9-17(13-22(27)30-2)32-21(19)14-31-20-11-8-16(12-18(20)24(26)29)25-23(28)15-6-4-3-5-7-15/h8,11-12,15,17,19,21H,3-7,9-10,13-14H2,1-2H3,(H,25,28)/t17-,19-,21-/m1/s1. The summed E-state index contributed by atoms with van der Waals surface area (Å²) in [5.74, 6) is 0.0546. The lowest BCUT2D eigenvalue weighted by atomic mass is 9.88. The molecule has 2 heterocycles. The predicted molar refractivity (Wildman–Crippen MR) is 118 cm³/mol. The van der Waals surface area contributed by atoms with Crippen LogP contribution >= 0.6 is 0 Å². The van der Waals surface area contributed by atoms with Crippen molar-refractivity contribution < 1.29 is 28.6 Å². The Morgan fingerprint density at radius 2 is 1.94 bits per heavy atom. The van der Waals surface area contributed by atoms with Crippen LogP contribution in [0.5, 0.6) is 5.75 Å². The maximum absolute atomic E-state index is 13.3. The zero-order valence-corrected chi connectivity index (χ0v) is 18.8. The van der Waals surface area contributed by atoms with Crippen LogP contribution in [0, 0.1) is 5.92 Å².